The van der Waals surface area contributed by atoms with Crippen molar-refractivity contribution in [1.29, 1.82) is 0 Å². The molecule has 24 heteroatoms. The molecule has 2 fully saturated rings. The Labute approximate surface area is 553 Å². The van der Waals surface area contributed by atoms with E-state index < -0.39 is 153 Å². The smallest absolute Gasteiger partial charge is 0.306 e. The number of unbranched alkanes of at least 4 members (excludes halogenated alkanes) is 20. The van der Waals surface area contributed by atoms with Crippen LogP contribution in [-0.2, 0) is 90.5 Å². The summed E-state index contributed by atoms with van der Waals surface area (Å²) in [6.45, 7) is 12.7. The van der Waals surface area contributed by atoms with Gasteiger partial charge in [0.05, 0.1) is 6.61 Å². The topological polar surface area (TPSA) is 339 Å². The molecule has 24 nitrogen and oxygen atoms in total. The third-order valence-electron chi connectivity index (χ3n) is 16.6. The molecule has 0 aromatic heterocycles. The van der Waals surface area contributed by atoms with Gasteiger partial charge in [0.15, 0.2) is 36.6 Å². The van der Waals surface area contributed by atoms with Crippen molar-refractivity contribution in [2.24, 2.45) is 0 Å². The van der Waals surface area contributed by atoms with Gasteiger partial charge in [-0.05, 0) is 51.4 Å². The minimum atomic E-state index is -3.46. The van der Waals surface area contributed by atoms with Crippen LogP contribution in [0.15, 0.2) is 0 Å². The monoisotopic (exact) mass is 1330 g/mol. The summed E-state index contributed by atoms with van der Waals surface area (Å²) in [5.74, 6) is -10.4. The molecule has 0 spiro atoms. The average molecular weight is 1330 g/mol. The second kappa shape index (κ2) is 49.9. The summed E-state index contributed by atoms with van der Waals surface area (Å²) in [7, 11) is 0. The van der Waals surface area contributed by atoms with E-state index in [0.29, 0.717) is 109 Å². The molecule has 0 amide bonds. The quantitative estimate of drug-likeness (QED) is 0.0215. The van der Waals surface area contributed by atoms with Crippen molar-refractivity contribution in [2.45, 2.75) is 372 Å². The predicted octanol–water partition coefficient (Wildman–Crippen LogP) is 10.0. The molecule has 14 atom stereocenters. The SMILES string of the molecule is CCCCCCCC(=O)O[C@@H]1[C@H](O[C@]2(C(O)[C@@H](O)[C@H](O)[C@@H](O)CO)O[C@H](COC(=O)CCCCC)[C@@H](OC(=O)CCCCC)[C@H](OC(=O)CCCCC)[C@@H]2OC(=O)CCCCCCC)O[C@H](COC(=O)CCCCC)[C@@H](OC(=O)CCCCC)[C@@H]1OC(=O)CCCCC. The highest BCUT2D eigenvalue weighted by molar-refractivity contribution is 5.73. The number of aliphatic hydroxyl groups is 5. The lowest BCUT2D eigenvalue weighted by Gasteiger charge is -2.55. The number of carbonyl (C=O) groups is 8. The molecule has 93 heavy (non-hydrogen) atoms. The molecule has 0 radical (unpaired) electrons. The van der Waals surface area contributed by atoms with Crippen LogP contribution in [0, 0.1) is 0 Å². The Kier molecular flexibility index (Phi) is 45.3. The molecule has 0 aromatic carbocycles. The highest BCUT2D eigenvalue weighted by atomic mass is 16.8. The van der Waals surface area contributed by atoms with E-state index in [9.17, 15) is 63.9 Å². The maximum Gasteiger partial charge on any atom is 0.306 e. The Bertz CT molecular complexity index is 2090. The maximum atomic E-state index is 14.8. The Morgan fingerprint density at radius 3 is 1.04 bits per heavy atom. The molecule has 540 valence electrons. The van der Waals surface area contributed by atoms with Gasteiger partial charge in [0, 0.05) is 51.4 Å². The van der Waals surface area contributed by atoms with Crippen LogP contribution in [0.2, 0.25) is 0 Å². The molecule has 2 aliphatic heterocycles. The number of aliphatic hydroxyl groups excluding tert-OH is 5. The summed E-state index contributed by atoms with van der Waals surface area (Å²) >= 11 is 0. The lowest BCUT2D eigenvalue weighted by molar-refractivity contribution is -0.446. The number of rotatable bonds is 53. The molecule has 0 aliphatic carbocycles. The molecule has 2 aliphatic rings. The first-order valence-corrected chi connectivity index (χ1v) is 35.6. The van der Waals surface area contributed by atoms with Crippen LogP contribution >= 0.6 is 0 Å². The van der Waals surface area contributed by atoms with Gasteiger partial charge in [0.1, 0.15) is 49.8 Å². The van der Waals surface area contributed by atoms with E-state index in [0.717, 1.165) is 57.8 Å². The largest absolute Gasteiger partial charge is 0.463 e. The van der Waals surface area contributed by atoms with Gasteiger partial charge in [0.2, 0.25) is 12.1 Å². The minimum absolute atomic E-state index is 0.0571. The third-order valence-corrected chi connectivity index (χ3v) is 16.6. The molecular weight excluding hydrogens is 1210 g/mol. The normalized spacial score (nSPS) is 23.3. The standard InChI is InChI=1S/C69H120O24/c1-9-17-25-27-35-43-57(78)90-65-63(88-55(76)41-33-23-15-7)61(86-53(74)39-31-21-13-5)49(46-83-51(72)37-29-19-11-3)85-68(65)93-69(66(82)60(81)59(80)48(71)45-70)67(91-58(79)44-36-28-26-18-10-2)64(89-56(77)42-34-24-16-8)62(87-54(75)40-32-22-14-6)50(92-69)47-84-52(73)38-30-20-12-4/h48-50,59-68,70-71,80-82H,9-47H2,1-8H3/t48-,49+,50+,59+,60-,61+,62+,63-,64-,65-,66?,67-,68-,69-/m0/s1. The van der Waals surface area contributed by atoms with Gasteiger partial charge in [-0.1, -0.05) is 184 Å². The summed E-state index contributed by atoms with van der Waals surface area (Å²) < 4.78 is 70.1. The summed E-state index contributed by atoms with van der Waals surface area (Å²) in [6, 6.07) is 0. The molecule has 0 bridgehead atoms. The van der Waals surface area contributed by atoms with E-state index in [2.05, 4.69) is 0 Å². The number of hydrogen-bond acceptors (Lipinski definition) is 24. The van der Waals surface area contributed by atoms with Crippen molar-refractivity contribution < 1.29 is 116 Å². The van der Waals surface area contributed by atoms with Crippen LogP contribution in [0.5, 0.6) is 0 Å². The summed E-state index contributed by atoms with van der Waals surface area (Å²) in [6.07, 6.45) is -13.9. The van der Waals surface area contributed by atoms with Crippen LogP contribution in [0.25, 0.3) is 0 Å². The van der Waals surface area contributed by atoms with E-state index in [4.69, 9.17) is 52.1 Å². The fourth-order valence-corrected chi connectivity index (χ4v) is 11.0. The van der Waals surface area contributed by atoms with E-state index in [1.165, 1.54) is 0 Å². The average Bonchev–Trinajstić information content (AvgIpc) is 0.731. The van der Waals surface area contributed by atoms with Crippen LogP contribution < -0.4 is 0 Å². The van der Waals surface area contributed by atoms with Crippen molar-refractivity contribution in [1.82, 2.24) is 0 Å². The first-order valence-electron chi connectivity index (χ1n) is 35.6. The Hall–Kier alpha value is -4.56. The van der Waals surface area contributed by atoms with Crippen molar-refractivity contribution in [3.05, 3.63) is 0 Å². The van der Waals surface area contributed by atoms with Crippen LogP contribution in [0.4, 0.5) is 0 Å². The summed E-state index contributed by atoms with van der Waals surface area (Å²) in [5.41, 5.74) is 0. The zero-order valence-electron chi connectivity index (χ0n) is 57.6. The van der Waals surface area contributed by atoms with E-state index in [1.54, 1.807) is 0 Å². The molecule has 2 rings (SSSR count). The minimum Gasteiger partial charge on any atom is -0.463 e. The Balaban J connectivity index is 3.47. The number of esters is 8. The van der Waals surface area contributed by atoms with E-state index in [-0.39, 0.29) is 64.2 Å². The number of hydrogen-bond donors (Lipinski definition) is 5. The van der Waals surface area contributed by atoms with Crippen molar-refractivity contribution in [3.8, 4) is 0 Å². The van der Waals surface area contributed by atoms with Crippen LogP contribution in [0.3, 0.4) is 0 Å². The third kappa shape index (κ3) is 31.9. The van der Waals surface area contributed by atoms with Crippen molar-refractivity contribution in [2.75, 3.05) is 19.8 Å². The van der Waals surface area contributed by atoms with Crippen LogP contribution in [-0.4, -0.2) is 178 Å². The predicted molar refractivity (Wildman–Crippen MR) is 341 cm³/mol. The zero-order valence-corrected chi connectivity index (χ0v) is 57.6. The highest BCUT2D eigenvalue weighted by Gasteiger charge is 2.69. The number of carbonyl (C=O) groups excluding carboxylic acids is 8. The van der Waals surface area contributed by atoms with E-state index >= 15 is 0 Å². The van der Waals surface area contributed by atoms with Gasteiger partial charge in [0.25, 0.3) is 0 Å². The van der Waals surface area contributed by atoms with E-state index in [1.807, 2.05) is 55.4 Å². The summed E-state index contributed by atoms with van der Waals surface area (Å²) in [5, 5.41) is 58.5. The van der Waals surface area contributed by atoms with Gasteiger partial charge >= 0.3 is 47.8 Å². The highest BCUT2D eigenvalue weighted by Crippen LogP contribution is 2.45. The molecule has 5 N–H and O–H groups in total. The molecule has 0 saturated carbocycles. The maximum absolute atomic E-state index is 14.8. The molecule has 0 aromatic rings. The van der Waals surface area contributed by atoms with Gasteiger partial charge in [-0.2, -0.15) is 0 Å². The Morgan fingerprint density at radius 2 is 0.656 bits per heavy atom. The van der Waals surface area contributed by atoms with Gasteiger partial charge in [-0.15, -0.1) is 0 Å². The van der Waals surface area contributed by atoms with Gasteiger partial charge < -0.3 is 77.6 Å². The fourth-order valence-electron chi connectivity index (χ4n) is 11.0. The lowest BCUT2D eigenvalue weighted by atomic mass is 9.84. The number of ether oxygens (including phenoxy) is 11. The van der Waals surface area contributed by atoms with Gasteiger partial charge in [-0.25, -0.2) is 0 Å². The molecular formula is C69H120O24. The van der Waals surface area contributed by atoms with Crippen molar-refractivity contribution in [3.63, 3.8) is 0 Å². The fraction of sp³-hybridized carbons (Fsp3) is 0.884. The lowest BCUT2D eigenvalue weighted by Crippen LogP contribution is -2.76. The second-order valence-electron chi connectivity index (χ2n) is 24.8. The second-order valence-corrected chi connectivity index (χ2v) is 24.8. The summed E-state index contributed by atoms with van der Waals surface area (Å²) in [4.78, 5) is 114. The first kappa shape index (κ1) is 84.5. The molecule has 2 saturated heterocycles. The Morgan fingerprint density at radius 1 is 0.355 bits per heavy atom. The van der Waals surface area contributed by atoms with Crippen molar-refractivity contribution >= 4 is 47.8 Å². The molecule has 2 heterocycles. The van der Waals surface area contributed by atoms with Crippen LogP contribution in [0.1, 0.15) is 287 Å². The molecule has 1 unspecified atom stereocenters. The first-order chi connectivity index (χ1) is 44.7. The zero-order chi connectivity index (χ0) is 69.0. The van der Waals surface area contributed by atoms with Gasteiger partial charge in [-0.3, -0.25) is 38.4 Å².